The zero-order valence-corrected chi connectivity index (χ0v) is 23.1. The van der Waals surface area contributed by atoms with E-state index in [9.17, 15) is 9.90 Å². The van der Waals surface area contributed by atoms with Crippen LogP contribution in [0.4, 0.5) is 0 Å². The van der Waals surface area contributed by atoms with Crippen LogP contribution >= 0.6 is 23.5 Å². The molecular weight excluding hydrogens is 546 g/mol. The van der Waals surface area contributed by atoms with Gasteiger partial charge in [0, 0.05) is 35.7 Å². The maximum absolute atomic E-state index is 11.3. The summed E-state index contributed by atoms with van der Waals surface area (Å²) in [5.74, 6) is 6.84. The standard InChI is InChI=1S/C27H25N9O2S2/c1-18-9-11-20(12-10-18)25-31-33-27(40-17-23(37)38)36(25)34-22(19-6-3-2-4-7-19)13-15-39-26-32-30-24(35(26)28)21-8-5-14-29-16-21/h2-12,14,16H,13,15,17,28H2,1H3,(H,37,38)/b34-22+. The number of aliphatic carboxylic acids is 1. The highest BCUT2D eigenvalue weighted by Crippen LogP contribution is 2.26. The van der Waals surface area contributed by atoms with Gasteiger partial charge in [0.15, 0.2) is 11.6 Å². The molecule has 0 amide bonds. The fourth-order valence-corrected chi connectivity index (χ4v) is 5.17. The average molecular weight is 572 g/mol. The molecule has 5 aromatic rings. The molecule has 202 valence electrons. The number of hydrogen-bond acceptors (Lipinski definition) is 10. The molecule has 3 N–H and O–H groups in total. The van der Waals surface area contributed by atoms with Gasteiger partial charge in [-0.1, -0.05) is 83.7 Å². The van der Waals surface area contributed by atoms with E-state index in [1.54, 1.807) is 17.1 Å². The molecule has 0 bridgehead atoms. The number of rotatable bonds is 11. The number of benzene rings is 2. The molecule has 0 fully saturated rings. The van der Waals surface area contributed by atoms with Crippen molar-refractivity contribution in [1.29, 1.82) is 0 Å². The fraction of sp³-hybridized carbons (Fsp3) is 0.148. The minimum Gasteiger partial charge on any atom is -0.481 e. The molecular formula is C27H25N9O2S2. The smallest absolute Gasteiger partial charge is 0.313 e. The van der Waals surface area contributed by atoms with Gasteiger partial charge in [0.2, 0.25) is 10.3 Å². The van der Waals surface area contributed by atoms with Crippen molar-refractivity contribution in [3.05, 3.63) is 90.3 Å². The van der Waals surface area contributed by atoms with Gasteiger partial charge in [-0.2, -0.15) is 9.78 Å². The first kappa shape index (κ1) is 27.1. The Kier molecular flexibility index (Phi) is 8.52. The summed E-state index contributed by atoms with van der Waals surface area (Å²) in [6, 6.07) is 21.4. The van der Waals surface area contributed by atoms with Crippen molar-refractivity contribution >= 4 is 35.2 Å². The molecule has 0 aliphatic rings. The maximum atomic E-state index is 11.3. The van der Waals surface area contributed by atoms with Crippen molar-refractivity contribution in [1.82, 2.24) is 34.7 Å². The lowest BCUT2D eigenvalue weighted by Gasteiger charge is -2.10. The SMILES string of the molecule is Cc1ccc(-c2nnc(SCC(=O)O)n2/N=C(\CCSc2nnc(-c3cccnc3)n2N)c2ccccc2)cc1. The molecule has 3 heterocycles. The van der Waals surface area contributed by atoms with Gasteiger partial charge < -0.3 is 10.9 Å². The lowest BCUT2D eigenvalue weighted by atomic mass is 10.1. The Bertz CT molecular complexity index is 1620. The second-order valence-corrected chi connectivity index (χ2v) is 10.6. The molecule has 5 rings (SSSR count). The Morgan fingerprint density at radius 3 is 2.38 bits per heavy atom. The number of nitrogens with two attached hydrogens (primary N) is 1. The predicted molar refractivity (Wildman–Crippen MR) is 156 cm³/mol. The van der Waals surface area contributed by atoms with Crippen molar-refractivity contribution in [3.63, 3.8) is 0 Å². The zero-order chi connectivity index (χ0) is 27.9. The Morgan fingerprint density at radius 1 is 0.900 bits per heavy atom. The second kappa shape index (κ2) is 12.6. The Hall–Kier alpha value is -4.49. The minimum absolute atomic E-state index is 0.163. The number of hydrogen-bond donors (Lipinski definition) is 2. The number of aryl methyl sites for hydroxylation is 1. The van der Waals surface area contributed by atoms with Gasteiger partial charge >= 0.3 is 5.97 Å². The van der Waals surface area contributed by atoms with E-state index in [0.717, 1.165) is 39.7 Å². The molecule has 0 unspecified atom stereocenters. The molecule has 0 saturated carbocycles. The van der Waals surface area contributed by atoms with E-state index in [-0.39, 0.29) is 5.75 Å². The number of nitrogens with zero attached hydrogens (tertiary/aromatic N) is 8. The van der Waals surface area contributed by atoms with Gasteiger partial charge in [0.25, 0.3) is 0 Å². The van der Waals surface area contributed by atoms with E-state index in [1.165, 1.54) is 16.4 Å². The van der Waals surface area contributed by atoms with Crippen LogP contribution in [0.1, 0.15) is 17.5 Å². The minimum atomic E-state index is -0.948. The summed E-state index contributed by atoms with van der Waals surface area (Å²) in [5.41, 5.74) is 4.41. The first-order valence-electron chi connectivity index (χ1n) is 12.2. The third-order valence-electron chi connectivity index (χ3n) is 5.73. The molecule has 13 heteroatoms. The summed E-state index contributed by atoms with van der Waals surface area (Å²) < 4.78 is 3.08. The Labute approximate surface area is 238 Å². The first-order valence-corrected chi connectivity index (χ1v) is 14.2. The van der Waals surface area contributed by atoms with Crippen molar-refractivity contribution in [2.75, 3.05) is 17.3 Å². The summed E-state index contributed by atoms with van der Waals surface area (Å²) in [6.07, 6.45) is 3.93. The molecule has 0 spiro atoms. The number of carbonyl (C=O) groups is 1. The van der Waals surface area contributed by atoms with Crippen molar-refractivity contribution in [3.8, 4) is 22.8 Å². The fourth-order valence-electron chi connectivity index (χ4n) is 3.76. The van der Waals surface area contributed by atoms with Gasteiger partial charge in [-0.15, -0.1) is 20.4 Å². The van der Waals surface area contributed by atoms with E-state index in [1.807, 2.05) is 73.7 Å². The molecule has 3 aromatic heterocycles. The quantitative estimate of drug-likeness (QED) is 0.134. The number of thioether (sulfide) groups is 2. The summed E-state index contributed by atoms with van der Waals surface area (Å²) >= 11 is 2.53. The summed E-state index contributed by atoms with van der Waals surface area (Å²) in [7, 11) is 0. The van der Waals surface area contributed by atoms with E-state index >= 15 is 0 Å². The largest absolute Gasteiger partial charge is 0.481 e. The van der Waals surface area contributed by atoms with Crippen LogP contribution in [0.2, 0.25) is 0 Å². The third-order valence-corrected chi connectivity index (χ3v) is 7.58. The van der Waals surface area contributed by atoms with Crippen LogP contribution in [-0.4, -0.2) is 63.0 Å². The molecule has 0 radical (unpaired) electrons. The van der Waals surface area contributed by atoms with Crippen LogP contribution in [-0.2, 0) is 4.79 Å². The first-order chi connectivity index (χ1) is 19.5. The second-order valence-electron chi connectivity index (χ2n) is 8.60. The van der Waals surface area contributed by atoms with Crippen LogP contribution in [0.15, 0.2) is 94.5 Å². The van der Waals surface area contributed by atoms with Crippen LogP contribution < -0.4 is 5.84 Å². The summed E-state index contributed by atoms with van der Waals surface area (Å²) in [5, 5.41) is 32.3. The number of nitrogen functional groups attached to an aromatic ring is 1. The van der Waals surface area contributed by atoms with Gasteiger partial charge in [-0.05, 0) is 24.6 Å². The van der Waals surface area contributed by atoms with Gasteiger partial charge in [-0.25, -0.2) is 4.68 Å². The Balaban J connectivity index is 1.45. The third kappa shape index (κ3) is 6.38. The van der Waals surface area contributed by atoms with Crippen molar-refractivity contribution < 1.29 is 9.90 Å². The zero-order valence-electron chi connectivity index (χ0n) is 21.5. The molecule has 0 atom stereocenters. The predicted octanol–water partition coefficient (Wildman–Crippen LogP) is 4.23. The highest BCUT2D eigenvalue weighted by molar-refractivity contribution is 7.99. The van der Waals surface area contributed by atoms with Gasteiger partial charge in [0.1, 0.15) is 0 Å². The molecule has 2 aromatic carbocycles. The lowest BCUT2D eigenvalue weighted by molar-refractivity contribution is -0.133. The van der Waals surface area contributed by atoms with Crippen LogP contribution in [0.5, 0.6) is 0 Å². The summed E-state index contributed by atoms with van der Waals surface area (Å²) in [4.78, 5) is 15.4. The number of pyridine rings is 1. The van der Waals surface area contributed by atoms with E-state index in [4.69, 9.17) is 10.9 Å². The summed E-state index contributed by atoms with van der Waals surface area (Å²) in [6.45, 7) is 2.01. The van der Waals surface area contributed by atoms with Gasteiger partial charge in [0.05, 0.1) is 11.5 Å². The molecule has 40 heavy (non-hydrogen) atoms. The van der Waals surface area contributed by atoms with Crippen LogP contribution in [0.3, 0.4) is 0 Å². The highest BCUT2D eigenvalue weighted by atomic mass is 32.2. The number of aromatic nitrogens is 7. The van der Waals surface area contributed by atoms with Crippen molar-refractivity contribution in [2.24, 2.45) is 5.10 Å². The lowest BCUT2D eigenvalue weighted by Crippen LogP contribution is -2.12. The van der Waals surface area contributed by atoms with Crippen molar-refractivity contribution in [2.45, 2.75) is 23.7 Å². The maximum Gasteiger partial charge on any atom is 0.313 e. The monoisotopic (exact) mass is 571 g/mol. The highest BCUT2D eigenvalue weighted by Gasteiger charge is 2.18. The van der Waals surface area contributed by atoms with Gasteiger partial charge in [-0.3, -0.25) is 9.78 Å². The van der Waals surface area contributed by atoms with Crippen LogP contribution in [0.25, 0.3) is 22.8 Å². The van der Waals surface area contributed by atoms with E-state index < -0.39 is 5.97 Å². The van der Waals surface area contributed by atoms with E-state index in [0.29, 0.717) is 34.1 Å². The molecule has 0 aliphatic carbocycles. The average Bonchev–Trinajstić information content (AvgIpc) is 3.55. The van der Waals surface area contributed by atoms with Crippen LogP contribution in [0, 0.1) is 6.92 Å². The Morgan fingerprint density at radius 2 is 1.65 bits per heavy atom. The molecule has 11 nitrogen and oxygen atoms in total. The normalized spacial score (nSPS) is 11.6. The molecule has 0 aliphatic heterocycles. The topological polar surface area (TPSA) is 150 Å². The molecule has 0 saturated heterocycles. The van der Waals surface area contributed by atoms with E-state index in [2.05, 4.69) is 25.4 Å². The number of carboxylic acids is 1. The number of carboxylic acid groups (broad SMARTS) is 1.